The third-order valence-electron chi connectivity index (χ3n) is 1.51. The molecule has 0 aliphatic carbocycles. The van der Waals surface area contributed by atoms with E-state index in [4.69, 9.17) is 0 Å². The SMILES string of the molecule is C[B]Cc1cc(F)c(F)cc1F. The summed E-state index contributed by atoms with van der Waals surface area (Å²) in [6.45, 7) is 1.72. The fourth-order valence-corrected chi connectivity index (χ4v) is 0.940. The fraction of sp³-hybridized carbons (Fsp3) is 0.250. The molecule has 0 heterocycles. The average Bonchev–Trinajstić information content (AvgIpc) is 2.01. The van der Waals surface area contributed by atoms with Crippen LogP contribution in [-0.4, -0.2) is 7.28 Å². The summed E-state index contributed by atoms with van der Waals surface area (Å²) in [5.41, 5.74) is 0.177. The standard InChI is InChI=1S/C8H7BF3/c1-9-4-5-2-7(11)8(12)3-6(5)10/h2-3H,4H2,1H3. The van der Waals surface area contributed by atoms with Gasteiger partial charge in [0.2, 0.25) is 0 Å². The topological polar surface area (TPSA) is 0 Å². The molecule has 0 saturated carbocycles. The van der Waals surface area contributed by atoms with E-state index in [1.165, 1.54) is 0 Å². The first kappa shape index (κ1) is 9.17. The van der Waals surface area contributed by atoms with Crippen LogP contribution in [0.5, 0.6) is 0 Å². The first-order valence-electron chi connectivity index (χ1n) is 3.56. The highest BCUT2D eigenvalue weighted by atomic mass is 19.2. The first-order chi connectivity index (χ1) is 5.65. The van der Waals surface area contributed by atoms with Gasteiger partial charge in [0.15, 0.2) is 11.6 Å². The molecule has 0 spiro atoms. The molecule has 0 bridgehead atoms. The van der Waals surface area contributed by atoms with Crippen LogP contribution in [0.3, 0.4) is 0 Å². The average molecular weight is 171 g/mol. The van der Waals surface area contributed by atoms with Gasteiger partial charge in [0.05, 0.1) is 0 Å². The molecule has 0 N–H and O–H groups in total. The Morgan fingerprint density at radius 3 is 2.25 bits per heavy atom. The van der Waals surface area contributed by atoms with Crippen LogP contribution in [0.2, 0.25) is 6.82 Å². The maximum atomic E-state index is 12.8. The smallest absolute Gasteiger partial charge is 0.161 e. The van der Waals surface area contributed by atoms with Crippen LogP contribution in [0.1, 0.15) is 5.56 Å². The Morgan fingerprint density at radius 1 is 1.08 bits per heavy atom. The highest BCUT2D eigenvalue weighted by Crippen LogP contribution is 2.13. The van der Waals surface area contributed by atoms with Gasteiger partial charge in [-0.25, -0.2) is 13.2 Å². The van der Waals surface area contributed by atoms with Crippen molar-refractivity contribution in [2.45, 2.75) is 13.1 Å². The Bertz CT molecular complexity index is 286. The second-order valence-electron chi connectivity index (χ2n) is 2.47. The molecular formula is C8H7BF3. The van der Waals surface area contributed by atoms with Gasteiger partial charge in [-0.3, -0.25) is 0 Å². The van der Waals surface area contributed by atoms with Crippen molar-refractivity contribution in [3.05, 3.63) is 35.1 Å². The summed E-state index contributed by atoms with van der Waals surface area (Å²) >= 11 is 0. The monoisotopic (exact) mass is 171 g/mol. The second-order valence-corrected chi connectivity index (χ2v) is 2.47. The van der Waals surface area contributed by atoms with Crippen LogP contribution >= 0.6 is 0 Å². The molecule has 0 aromatic heterocycles. The molecular weight excluding hydrogens is 164 g/mol. The number of halogens is 3. The molecule has 1 aromatic rings. The van der Waals surface area contributed by atoms with E-state index in [9.17, 15) is 13.2 Å². The summed E-state index contributed by atoms with van der Waals surface area (Å²) in [6.07, 6.45) is 0.309. The zero-order chi connectivity index (χ0) is 9.14. The van der Waals surface area contributed by atoms with Gasteiger partial charge in [-0.05, 0) is 11.6 Å². The fourth-order valence-electron chi connectivity index (χ4n) is 0.940. The normalized spacial score (nSPS) is 10.0. The number of benzene rings is 1. The van der Waals surface area contributed by atoms with Crippen molar-refractivity contribution in [1.82, 2.24) is 0 Å². The van der Waals surface area contributed by atoms with Crippen molar-refractivity contribution in [3.63, 3.8) is 0 Å². The molecule has 0 unspecified atom stereocenters. The molecule has 0 aliphatic heterocycles. The van der Waals surface area contributed by atoms with E-state index in [0.717, 1.165) is 6.07 Å². The highest BCUT2D eigenvalue weighted by Gasteiger charge is 2.08. The lowest BCUT2D eigenvalue weighted by Crippen LogP contribution is -1.98. The highest BCUT2D eigenvalue weighted by molar-refractivity contribution is 6.32. The molecule has 63 valence electrons. The number of hydrogen-bond donors (Lipinski definition) is 0. The Kier molecular flexibility index (Phi) is 2.79. The summed E-state index contributed by atoms with van der Waals surface area (Å²) in [5.74, 6) is -2.85. The van der Waals surface area contributed by atoms with Crippen molar-refractivity contribution in [2.24, 2.45) is 0 Å². The summed E-state index contributed by atoms with van der Waals surface area (Å²) in [6, 6.07) is 1.44. The Hall–Kier alpha value is -0.925. The molecule has 0 nitrogen and oxygen atoms in total. The largest absolute Gasteiger partial charge is 0.207 e. The van der Waals surface area contributed by atoms with E-state index in [1.807, 2.05) is 0 Å². The van der Waals surface area contributed by atoms with Crippen LogP contribution in [0.4, 0.5) is 13.2 Å². The van der Waals surface area contributed by atoms with Crippen LogP contribution in [0, 0.1) is 17.5 Å². The maximum absolute atomic E-state index is 12.8. The van der Waals surface area contributed by atoms with E-state index in [1.54, 1.807) is 14.1 Å². The van der Waals surface area contributed by atoms with Gasteiger partial charge in [0.1, 0.15) is 13.1 Å². The van der Waals surface area contributed by atoms with Gasteiger partial charge in [-0.1, -0.05) is 13.1 Å². The lowest BCUT2D eigenvalue weighted by Gasteiger charge is -2.00. The van der Waals surface area contributed by atoms with Crippen LogP contribution in [0.25, 0.3) is 0 Å². The molecule has 1 radical (unpaired) electrons. The summed E-state index contributed by atoms with van der Waals surface area (Å²) in [7, 11) is 1.68. The van der Waals surface area contributed by atoms with E-state index in [-0.39, 0.29) is 5.56 Å². The predicted octanol–water partition coefficient (Wildman–Crippen LogP) is 2.36. The van der Waals surface area contributed by atoms with Gasteiger partial charge in [0, 0.05) is 6.07 Å². The van der Waals surface area contributed by atoms with E-state index in [2.05, 4.69) is 0 Å². The number of hydrogen-bond acceptors (Lipinski definition) is 0. The quantitative estimate of drug-likeness (QED) is 0.473. The molecule has 0 fully saturated rings. The Balaban J connectivity index is 3.05. The summed E-state index contributed by atoms with van der Waals surface area (Å²) in [5, 5.41) is 0. The lowest BCUT2D eigenvalue weighted by atomic mass is 9.75. The van der Waals surface area contributed by atoms with Gasteiger partial charge < -0.3 is 0 Å². The molecule has 0 saturated heterocycles. The molecule has 4 heteroatoms. The molecule has 0 aliphatic rings. The molecule has 0 atom stereocenters. The van der Waals surface area contributed by atoms with Crippen molar-refractivity contribution >= 4 is 7.28 Å². The summed E-state index contributed by atoms with van der Waals surface area (Å²) in [4.78, 5) is 0. The van der Waals surface area contributed by atoms with E-state index < -0.39 is 17.5 Å². The zero-order valence-corrected chi connectivity index (χ0v) is 6.57. The second kappa shape index (κ2) is 3.65. The molecule has 12 heavy (non-hydrogen) atoms. The molecule has 1 rings (SSSR count). The Morgan fingerprint density at radius 2 is 1.67 bits per heavy atom. The van der Waals surface area contributed by atoms with Gasteiger partial charge in [0.25, 0.3) is 0 Å². The van der Waals surface area contributed by atoms with E-state index in [0.29, 0.717) is 12.4 Å². The maximum Gasteiger partial charge on any atom is 0.161 e. The van der Waals surface area contributed by atoms with Crippen molar-refractivity contribution in [3.8, 4) is 0 Å². The van der Waals surface area contributed by atoms with Crippen LogP contribution in [-0.2, 0) is 6.32 Å². The Labute approximate surface area is 69.6 Å². The van der Waals surface area contributed by atoms with Crippen LogP contribution in [0.15, 0.2) is 12.1 Å². The predicted molar refractivity (Wildman–Crippen MR) is 41.6 cm³/mol. The zero-order valence-electron chi connectivity index (χ0n) is 6.57. The van der Waals surface area contributed by atoms with Crippen molar-refractivity contribution < 1.29 is 13.2 Å². The number of rotatable bonds is 2. The van der Waals surface area contributed by atoms with E-state index >= 15 is 0 Å². The van der Waals surface area contributed by atoms with Gasteiger partial charge >= 0.3 is 0 Å². The van der Waals surface area contributed by atoms with Crippen LogP contribution < -0.4 is 0 Å². The van der Waals surface area contributed by atoms with Gasteiger partial charge in [-0.2, -0.15) is 0 Å². The van der Waals surface area contributed by atoms with Crippen molar-refractivity contribution in [1.29, 1.82) is 0 Å². The molecule has 0 amide bonds. The minimum absolute atomic E-state index is 0.177. The summed E-state index contributed by atoms with van der Waals surface area (Å²) < 4.78 is 37.7. The lowest BCUT2D eigenvalue weighted by molar-refractivity contribution is 0.491. The first-order valence-corrected chi connectivity index (χ1v) is 3.56. The van der Waals surface area contributed by atoms with Gasteiger partial charge in [-0.15, -0.1) is 0 Å². The van der Waals surface area contributed by atoms with Crippen molar-refractivity contribution in [2.75, 3.05) is 0 Å². The third kappa shape index (κ3) is 1.81. The minimum Gasteiger partial charge on any atom is -0.207 e. The molecule has 1 aromatic carbocycles. The third-order valence-corrected chi connectivity index (χ3v) is 1.51. The minimum atomic E-state index is -1.15.